The van der Waals surface area contributed by atoms with Gasteiger partial charge in [-0.25, -0.2) is 0 Å². The molecule has 0 aromatic rings. The molecule has 2 fully saturated rings. The molecule has 5 nitrogen and oxygen atoms in total. The van der Waals surface area contributed by atoms with Gasteiger partial charge in [-0.05, 0) is 13.3 Å². The number of esters is 1. The highest BCUT2D eigenvalue weighted by Gasteiger charge is 2.61. The quantitative estimate of drug-likeness (QED) is 0.568. The molecule has 19 heavy (non-hydrogen) atoms. The predicted octanol–water partition coefficient (Wildman–Crippen LogP) is 1.01. The van der Waals surface area contributed by atoms with Crippen molar-refractivity contribution < 1.29 is 24.1 Å². The largest absolute Gasteiger partial charge is 0.469 e. The first-order valence-electron chi connectivity index (χ1n) is 6.73. The van der Waals surface area contributed by atoms with Gasteiger partial charge in [-0.15, -0.1) is 0 Å². The number of methoxy groups -OCH3 is 1. The zero-order valence-corrected chi connectivity index (χ0v) is 11.3. The van der Waals surface area contributed by atoms with Gasteiger partial charge in [0.15, 0.2) is 5.79 Å². The van der Waals surface area contributed by atoms with Crippen molar-refractivity contribution in [3.63, 3.8) is 0 Å². The van der Waals surface area contributed by atoms with E-state index in [0.717, 1.165) is 5.57 Å². The fourth-order valence-corrected chi connectivity index (χ4v) is 3.96. The van der Waals surface area contributed by atoms with E-state index in [-0.39, 0.29) is 11.9 Å². The van der Waals surface area contributed by atoms with Gasteiger partial charge in [0, 0.05) is 18.8 Å². The van der Waals surface area contributed by atoms with Gasteiger partial charge in [-0.1, -0.05) is 11.6 Å². The van der Waals surface area contributed by atoms with Crippen LogP contribution in [0.4, 0.5) is 0 Å². The molecule has 3 unspecified atom stereocenters. The molecule has 2 bridgehead atoms. The maximum absolute atomic E-state index is 12.3. The van der Waals surface area contributed by atoms with Crippen molar-refractivity contribution in [3.05, 3.63) is 11.6 Å². The number of carbonyl (C=O) groups is 1. The fraction of sp³-hybridized carbons (Fsp3) is 0.786. The van der Waals surface area contributed by atoms with Crippen molar-refractivity contribution in [2.75, 3.05) is 20.3 Å². The van der Waals surface area contributed by atoms with E-state index in [9.17, 15) is 9.90 Å². The Morgan fingerprint density at radius 2 is 2.16 bits per heavy atom. The van der Waals surface area contributed by atoms with Crippen LogP contribution in [0, 0.1) is 11.3 Å². The molecule has 3 aliphatic rings. The van der Waals surface area contributed by atoms with Gasteiger partial charge in [0.1, 0.15) is 5.41 Å². The van der Waals surface area contributed by atoms with Gasteiger partial charge in [-0.2, -0.15) is 0 Å². The van der Waals surface area contributed by atoms with Crippen molar-refractivity contribution in [1.82, 2.24) is 0 Å². The highest BCUT2D eigenvalue weighted by Crippen LogP contribution is 2.54. The zero-order chi connectivity index (χ0) is 13.7. The third-order valence-corrected chi connectivity index (χ3v) is 4.60. The lowest BCUT2D eigenvalue weighted by molar-refractivity contribution is -0.242. The number of carbonyl (C=O) groups excluding carboxylic acids is 1. The molecule has 0 amide bonds. The average Bonchev–Trinajstić information content (AvgIpc) is 2.80. The molecule has 1 N–H and O–H groups in total. The highest BCUT2D eigenvalue weighted by molar-refractivity contribution is 5.79. The maximum atomic E-state index is 12.3. The average molecular weight is 268 g/mol. The van der Waals surface area contributed by atoms with Gasteiger partial charge in [0.05, 0.1) is 26.4 Å². The number of allylic oxidation sites excluding steroid dienone is 1. The summed E-state index contributed by atoms with van der Waals surface area (Å²) in [5.41, 5.74) is 0.189. The van der Waals surface area contributed by atoms with Crippen molar-refractivity contribution in [2.24, 2.45) is 11.3 Å². The predicted molar refractivity (Wildman–Crippen MR) is 66.2 cm³/mol. The molecule has 1 heterocycles. The highest BCUT2D eigenvalue weighted by atomic mass is 16.7. The number of aliphatic hydroxyl groups excluding tert-OH is 1. The van der Waals surface area contributed by atoms with Crippen LogP contribution >= 0.6 is 0 Å². The summed E-state index contributed by atoms with van der Waals surface area (Å²) in [6.45, 7) is 3.08. The number of rotatable bonds is 1. The Bertz CT molecular complexity index is 424. The fourth-order valence-electron chi connectivity index (χ4n) is 3.96. The smallest absolute Gasteiger partial charge is 0.315 e. The van der Waals surface area contributed by atoms with Crippen LogP contribution in [0.5, 0.6) is 0 Å². The Balaban J connectivity index is 2.02. The second-order valence-electron chi connectivity index (χ2n) is 5.93. The summed E-state index contributed by atoms with van der Waals surface area (Å²) >= 11 is 0. The van der Waals surface area contributed by atoms with E-state index in [0.29, 0.717) is 32.5 Å². The van der Waals surface area contributed by atoms with Crippen LogP contribution in [0.15, 0.2) is 11.6 Å². The molecule has 3 atom stereocenters. The van der Waals surface area contributed by atoms with E-state index in [1.165, 1.54) is 7.11 Å². The normalized spacial score (nSPS) is 40.1. The van der Waals surface area contributed by atoms with Crippen molar-refractivity contribution in [1.29, 1.82) is 0 Å². The summed E-state index contributed by atoms with van der Waals surface area (Å²) in [5, 5.41) is 10.5. The van der Waals surface area contributed by atoms with Gasteiger partial charge in [0.2, 0.25) is 0 Å². The van der Waals surface area contributed by atoms with Crippen LogP contribution in [0.1, 0.15) is 26.2 Å². The lowest BCUT2D eigenvalue weighted by Crippen LogP contribution is -2.59. The molecule has 1 spiro atoms. The monoisotopic (exact) mass is 268 g/mol. The first-order chi connectivity index (χ1) is 9.01. The SMILES string of the molecule is COC(=O)C12CC(C)=CC(CC3(C1)OCCO3)C2O. The molecule has 5 heteroatoms. The summed E-state index contributed by atoms with van der Waals surface area (Å²) in [5.74, 6) is -1.20. The summed E-state index contributed by atoms with van der Waals surface area (Å²) in [6.07, 6.45) is 2.80. The molecule has 106 valence electrons. The van der Waals surface area contributed by atoms with Gasteiger partial charge >= 0.3 is 5.97 Å². The Morgan fingerprint density at radius 1 is 1.47 bits per heavy atom. The maximum Gasteiger partial charge on any atom is 0.315 e. The van der Waals surface area contributed by atoms with Crippen LogP contribution in [0.25, 0.3) is 0 Å². The van der Waals surface area contributed by atoms with E-state index >= 15 is 0 Å². The van der Waals surface area contributed by atoms with E-state index < -0.39 is 17.3 Å². The van der Waals surface area contributed by atoms with E-state index in [1.807, 2.05) is 13.0 Å². The second kappa shape index (κ2) is 4.30. The van der Waals surface area contributed by atoms with Crippen LogP contribution in [-0.4, -0.2) is 43.3 Å². The van der Waals surface area contributed by atoms with Crippen LogP contribution in [-0.2, 0) is 19.0 Å². The summed E-state index contributed by atoms with van der Waals surface area (Å²) < 4.78 is 16.5. The summed E-state index contributed by atoms with van der Waals surface area (Å²) in [4.78, 5) is 12.3. The topological polar surface area (TPSA) is 65.0 Å². The molecule has 0 radical (unpaired) electrons. The molecule has 3 rings (SSSR count). The van der Waals surface area contributed by atoms with Gasteiger partial charge < -0.3 is 19.3 Å². The lowest BCUT2D eigenvalue weighted by atomic mass is 9.59. The molecular weight excluding hydrogens is 248 g/mol. The lowest BCUT2D eigenvalue weighted by Gasteiger charge is -2.51. The Hall–Kier alpha value is -0.910. The number of fused-ring (bicyclic) bond motifs is 2. The van der Waals surface area contributed by atoms with E-state index in [2.05, 4.69) is 0 Å². The van der Waals surface area contributed by atoms with Gasteiger partial charge in [-0.3, -0.25) is 4.79 Å². The molecule has 0 aromatic carbocycles. The van der Waals surface area contributed by atoms with Crippen LogP contribution in [0.3, 0.4) is 0 Å². The first-order valence-corrected chi connectivity index (χ1v) is 6.73. The molecule has 2 aliphatic carbocycles. The molecular formula is C14H20O5. The minimum atomic E-state index is -0.930. The number of ether oxygens (including phenoxy) is 3. The number of aliphatic hydroxyl groups is 1. The van der Waals surface area contributed by atoms with E-state index in [1.54, 1.807) is 0 Å². The van der Waals surface area contributed by atoms with E-state index in [4.69, 9.17) is 14.2 Å². The minimum Gasteiger partial charge on any atom is -0.469 e. The van der Waals surface area contributed by atoms with Crippen LogP contribution in [0.2, 0.25) is 0 Å². The van der Waals surface area contributed by atoms with Crippen molar-refractivity contribution >= 4 is 5.97 Å². The third-order valence-electron chi connectivity index (χ3n) is 4.60. The standard InChI is InChI=1S/C14H20O5/c1-9-5-10-7-14(18-3-4-19-14)8-13(6-9,11(10)15)12(16)17-2/h5,10-11,15H,3-4,6-8H2,1-2H3. The van der Waals surface area contributed by atoms with Crippen molar-refractivity contribution in [2.45, 2.75) is 38.1 Å². The first kappa shape index (κ1) is 13.1. The molecule has 1 aliphatic heterocycles. The number of hydrogen-bond donors (Lipinski definition) is 1. The molecule has 0 aromatic heterocycles. The zero-order valence-electron chi connectivity index (χ0n) is 11.3. The van der Waals surface area contributed by atoms with Gasteiger partial charge in [0.25, 0.3) is 0 Å². The Labute approximate surface area is 112 Å². The third kappa shape index (κ3) is 1.83. The molecule has 1 saturated carbocycles. The van der Waals surface area contributed by atoms with Crippen molar-refractivity contribution in [3.8, 4) is 0 Å². The minimum absolute atomic E-state index is 0.111. The van der Waals surface area contributed by atoms with Crippen LogP contribution < -0.4 is 0 Å². The Kier molecular flexibility index (Phi) is 2.96. The summed E-state index contributed by atoms with van der Waals surface area (Å²) in [6, 6.07) is 0. The number of hydrogen-bond acceptors (Lipinski definition) is 5. The molecule has 1 saturated heterocycles. The summed E-state index contributed by atoms with van der Waals surface area (Å²) in [7, 11) is 1.37. The second-order valence-corrected chi connectivity index (χ2v) is 5.93. The Morgan fingerprint density at radius 3 is 2.79 bits per heavy atom.